The van der Waals surface area contributed by atoms with Crippen LogP contribution in [0.15, 0.2) is 36.7 Å². The average molecular weight is 350 g/mol. The molecule has 0 aliphatic rings. The van der Waals surface area contributed by atoms with Gasteiger partial charge in [-0.2, -0.15) is 31.4 Å². The second-order valence-corrected chi connectivity index (χ2v) is 4.65. The second-order valence-electron chi connectivity index (χ2n) is 4.65. The zero-order chi connectivity index (χ0) is 18.1. The molecule has 0 radical (unpaired) electrons. The van der Waals surface area contributed by atoms with E-state index >= 15 is 0 Å². The predicted octanol–water partition coefficient (Wildman–Crippen LogP) is 4.01. The van der Waals surface area contributed by atoms with Gasteiger partial charge in [-0.05, 0) is 24.3 Å². The van der Waals surface area contributed by atoms with E-state index in [2.05, 4.69) is 5.10 Å². The number of hydrogen-bond acceptors (Lipinski definition) is 2. The summed E-state index contributed by atoms with van der Waals surface area (Å²) in [5.41, 5.74) is -3.19. The summed E-state index contributed by atoms with van der Waals surface area (Å²) in [5, 5.41) is 12.1. The zero-order valence-electron chi connectivity index (χ0n) is 11.6. The van der Waals surface area contributed by atoms with Gasteiger partial charge in [0.2, 0.25) is 0 Å². The molecule has 1 aromatic heterocycles. The molecule has 0 atom stereocenters. The van der Waals surface area contributed by atoms with E-state index in [4.69, 9.17) is 5.11 Å². The van der Waals surface area contributed by atoms with E-state index < -0.39 is 35.1 Å². The van der Waals surface area contributed by atoms with Crippen molar-refractivity contribution >= 4 is 12.0 Å². The Labute approximate surface area is 130 Å². The van der Waals surface area contributed by atoms with Crippen LogP contribution >= 0.6 is 0 Å². The third-order valence-electron chi connectivity index (χ3n) is 2.86. The summed E-state index contributed by atoms with van der Waals surface area (Å²) in [6, 6.07) is 1.05. The highest BCUT2D eigenvalue weighted by Gasteiger charge is 2.37. The lowest BCUT2D eigenvalue weighted by atomic mass is 10.1. The molecule has 0 saturated heterocycles. The molecule has 128 valence electrons. The van der Waals surface area contributed by atoms with E-state index in [9.17, 15) is 31.1 Å². The van der Waals surface area contributed by atoms with Gasteiger partial charge in [-0.1, -0.05) is 0 Å². The monoisotopic (exact) mass is 350 g/mol. The van der Waals surface area contributed by atoms with Gasteiger partial charge < -0.3 is 5.11 Å². The predicted molar refractivity (Wildman–Crippen MR) is 70.2 cm³/mol. The molecule has 0 aliphatic carbocycles. The normalized spacial score (nSPS) is 12.8. The van der Waals surface area contributed by atoms with E-state index in [0.717, 1.165) is 29.2 Å². The summed E-state index contributed by atoms with van der Waals surface area (Å²) in [4.78, 5) is 10.4. The Balaban J connectivity index is 2.52. The number of aromatic nitrogens is 2. The van der Waals surface area contributed by atoms with Crippen LogP contribution in [0.5, 0.6) is 0 Å². The van der Waals surface area contributed by atoms with Gasteiger partial charge >= 0.3 is 18.3 Å². The summed E-state index contributed by atoms with van der Waals surface area (Å²) >= 11 is 0. The number of carbonyl (C=O) groups is 1. The maximum absolute atomic E-state index is 12.8. The Hall–Kier alpha value is -2.78. The Morgan fingerprint density at radius 1 is 1.04 bits per heavy atom. The average Bonchev–Trinajstić information content (AvgIpc) is 2.91. The molecule has 0 unspecified atom stereocenters. The number of nitrogens with zero attached hydrogens (tertiary/aromatic N) is 2. The maximum Gasteiger partial charge on any atom is 0.416 e. The van der Waals surface area contributed by atoms with Gasteiger partial charge in [-0.25, -0.2) is 9.48 Å². The standard InChI is InChI=1S/C14H8F6N2O2/c15-13(16,17)9-3-10(14(18,19)20)5-11(4-9)22-7-8(6-21-22)1-2-12(23)24/h1-7H,(H,23,24)/b2-1-. The molecule has 1 N–H and O–H groups in total. The quantitative estimate of drug-likeness (QED) is 0.672. The highest BCUT2D eigenvalue weighted by molar-refractivity contribution is 5.85. The summed E-state index contributed by atoms with van der Waals surface area (Å²) in [6.45, 7) is 0. The fraction of sp³-hybridized carbons (Fsp3) is 0.143. The van der Waals surface area contributed by atoms with Crippen LogP contribution in [0.25, 0.3) is 11.8 Å². The molecule has 24 heavy (non-hydrogen) atoms. The molecule has 10 heteroatoms. The summed E-state index contributed by atoms with van der Waals surface area (Å²) in [7, 11) is 0. The Kier molecular flexibility index (Phi) is 4.41. The van der Waals surface area contributed by atoms with Gasteiger partial charge in [-0.15, -0.1) is 0 Å². The molecule has 0 spiro atoms. The Morgan fingerprint density at radius 2 is 1.58 bits per heavy atom. The van der Waals surface area contributed by atoms with Gasteiger partial charge in [0.05, 0.1) is 23.0 Å². The minimum absolute atomic E-state index is 0.0121. The molecule has 2 rings (SSSR count). The molecule has 0 saturated carbocycles. The number of rotatable bonds is 3. The topological polar surface area (TPSA) is 55.1 Å². The van der Waals surface area contributed by atoms with Gasteiger partial charge in [-0.3, -0.25) is 0 Å². The molecule has 0 bridgehead atoms. The zero-order valence-corrected chi connectivity index (χ0v) is 11.6. The van der Waals surface area contributed by atoms with Crippen molar-refractivity contribution in [1.29, 1.82) is 0 Å². The van der Waals surface area contributed by atoms with E-state index in [-0.39, 0.29) is 11.6 Å². The SMILES string of the molecule is O=C(O)/C=C\c1cnn(-c2cc(C(F)(F)F)cc(C(F)(F)F)c2)c1. The summed E-state index contributed by atoms with van der Waals surface area (Å²) in [5.74, 6) is -1.26. The largest absolute Gasteiger partial charge is 0.478 e. The number of hydrogen-bond donors (Lipinski definition) is 1. The fourth-order valence-electron chi connectivity index (χ4n) is 1.80. The number of halogens is 6. The fourth-order valence-corrected chi connectivity index (χ4v) is 1.80. The highest BCUT2D eigenvalue weighted by atomic mass is 19.4. The van der Waals surface area contributed by atoms with Crippen molar-refractivity contribution in [3.63, 3.8) is 0 Å². The van der Waals surface area contributed by atoms with Crippen LogP contribution in [-0.2, 0) is 17.1 Å². The van der Waals surface area contributed by atoms with Gasteiger partial charge in [0.1, 0.15) is 0 Å². The highest BCUT2D eigenvalue weighted by Crippen LogP contribution is 2.37. The first-order chi connectivity index (χ1) is 11.0. The van der Waals surface area contributed by atoms with Crippen LogP contribution in [0.3, 0.4) is 0 Å². The Bertz CT molecular complexity index is 757. The maximum atomic E-state index is 12.8. The lowest BCUT2D eigenvalue weighted by Crippen LogP contribution is -2.12. The first kappa shape index (κ1) is 17.6. The van der Waals surface area contributed by atoms with Crippen LogP contribution in [0.1, 0.15) is 16.7 Å². The van der Waals surface area contributed by atoms with Crippen LogP contribution in [0, 0.1) is 0 Å². The van der Waals surface area contributed by atoms with Gasteiger partial charge in [0.15, 0.2) is 0 Å². The summed E-state index contributed by atoms with van der Waals surface area (Å²) < 4.78 is 77.6. The number of alkyl halides is 6. The van der Waals surface area contributed by atoms with Crippen LogP contribution in [-0.4, -0.2) is 20.9 Å². The lowest BCUT2D eigenvalue weighted by Gasteiger charge is -2.14. The van der Waals surface area contributed by atoms with E-state index in [1.807, 2.05) is 0 Å². The number of benzene rings is 1. The third-order valence-corrected chi connectivity index (χ3v) is 2.86. The molecular weight excluding hydrogens is 342 g/mol. The second kappa shape index (κ2) is 6.02. The van der Waals surface area contributed by atoms with Crippen molar-refractivity contribution in [2.75, 3.05) is 0 Å². The van der Waals surface area contributed by atoms with Crippen molar-refractivity contribution < 1.29 is 36.2 Å². The molecule has 2 aromatic rings. The molecule has 0 fully saturated rings. The molecular formula is C14H8F6N2O2. The molecule has 4 nitrogen and oxygen atoms in total. The smallest absolute Gasteiger partial charge is 0.416 e. The minimum Gasteiger partial charge on any atom is -0.478 e. The molecule has 0 amide bonds. The van der Waals surface area contributed by atoms with Gasteiger partial charge in [0, 0.05) is 17.8 Å². The minimum atomic E-state index is -4.96. The van der Waals surface area contributed by atoms with Crippen LogP contribution in [0.4, 0.5) is 26.3 Å². The first-order valence-electron chi connectivity index (χ1n) is 6.22. The number of carboxylic acids is 1. The first-order valence-corrected chi connectivity index (χ1v) is 6.22. The van der Waals surface area contributed by atoms with Crippen molar-refractivity contribution in [2.24, 2.45) is 0 Å². The number of carboxylic acid groups (broad SMARTS) is 1. The molecule has 1 heterocycles. The van der Waals surface area contributed by atoms with Gasteiger partial charge in [0.25, 0.3) is 0 Å². The van der Waals surface area contributed by atoms with Crippen molar-refractivity contribution in [3.8, 4) is 5.69 Å². The third kappa shape index (κ3) is 4.15. The molecule has 0 aliphatic heterocycles. The van der Waals surface area contributed by atoms with Crippen molar-refractivity contribution in [1.82, 2.24) is 9.78 Å². The van der Waals surface area contributed by atoms with E-state index in [1.54, 1.807) is 0 Å². The van der Waals surface area contributed by atoms with Crippen molar-refractivity contribution in [3.05, 3.63) is 53.4 Å². The summed E-state index contributed by atoms with van der Waals surface area (Å²) in [6.07, 6.45) is -5.86. The van der Waals surface area contributed by atoms with Crippen LogP contribution < -0.4 is 0 Å². The number of aliphatic carboxylic acids is 1. The van der Waals surface area contributed by atoms with E-state index in [0.29, 0.717) is 12.1 Å². The lowest BCUT2D eigenvalue weighted by molar-refractivity contribution is -0.143. The van der Waals surface area contributed by atoms with E-state index in [1.165, 1.54) is 0 Å². The molecule has 1 aromatic carbocycles. The Morgan fingerprint density at radius 3 is 2.04 bits per heavy atom. The van der Waals surface area contributed by atoms with Crippen LogP contribution in [0.2, 0.25) is 0 Å². The van der Waals surface area contributed by atoms with Crippen molar-refractivity contribution in [2.45, 2.75) is 12.4 Å².